The first-order valence-electron chi connectivity index (χ1n) is 7.93. The maximum Gasteiger partial charge on any atom is 0.161 e. The van der Waals surface area contributed by atoms with Gasteiger partial charge in [-0.05, 0) is 68.8 Å². The number of rotatable bonds is 6. The highest BCUT2D eigenvalue weighted by Gasteiger charge is 2.22. The zero-order chi connectivity index (χ0) is 15.2. The fraction of sp³-hybridized carbons (Fsp3) is 0.611. The molecule has 1 fully saturated rings. The number of benzene rings is 1. The van der Waals surface area contributed by atoms with Crippen LogP contribution in [-0.4, -0.2) is 26.3 Å². The number of nitrogens with one attached hydrogen (secondary N) is 1. The van der Waals surface area contributed by atoms with Crippen LogP contribution < -0.4 is 14.8 Å². The molecule has 0 aromatic heterocycles. The van der Waals surface area contributed by atoms with Crippen LogP contribution in [0.3, 0.4) is 0 Å². The van der Waals surface area contributed by atoms with Gasteiger partial charge in [0.05, 0.1) is 13.2 Å². The molecule has 1 heterocycles. The van der Waals surface area contributed by atoms with Gasteiger partial charge in [0.25, 0.3) is 0 Å². The fourth-order valence-electron chi connectivity index (χ4n) is 2.94. The average Bonchev–Trinajstić information content (AvgIpc) is 2.49. The number of methoxy groups -OCH3 is 1. The minimum Gasteiger partial charge on any atom is -0.493 e. The minimum atomic E-state index is 0.228. The molecule has 0 amide bonds. The van der Waals surface area contributed by atoms with Crippen molar-refractivity contribution in [2.75, 3.05) is 20.2 Å². The van der Waals surface area contributed by atoms with Crippen molar-refractivity contribution in [1.82, 2.24) is 5.32 Å². The fourth-order valence-corrected chi connectivity index (χ4v) is 2.94. The molecule has 3 nitrogen and oxygen atoms in total. The lowest BCUT2D eigenvalue weighted by Crippen LogP contribution is -2.35. The second kappa shape index (κ2) is 7.69. The highest BCUT2D eigenvalue weighted by atomic mass is 16.5. The third-order valence-corrected chi connectivity index (χ3v) is 4.15. The topological polar surface area (TPSA) is 30.5 Å². The summed E-state index contributed by atoms with van der Waals surface area (Å²) in [5.41, 5.74) is 1.27. The molecule has 21 heavy (non-hydrogen) atoms. The molecule has 1 aliphatic heterocycles. The molecule has 3 heteroatoms. The molecule has 0 saturated carbocycles. The second-order valence-electron chi connectivity index (χ2n) is 6.28. The quantitative estimate of drug-likeness (QED) is 0.868. The first kappa shape index (κ1) is 16.2. The normalized spacial score (nSPS) is 17.8. The summed E-state index contributed by atoms with van der Waals surface area (Å²) in [5.74, 6) is 3.73. The predicted octanol–water partition coefficient (Wildman–Crippen LogP) is 3.62. The SMILES string of the molecule is COc1cc(C[C](C)C)ccc1OC(C)C1CCNCC1. The molecule has 0 bridgehead atoms. The predicted molar refractivity (Wildman–Crippen MR) is 87.0 cm³/mol. The van der Waals surface area contributed by atoms with Crippen LogP contribution >= 0.6 is 0 Å². The lowest BCUT2D eigenvalue weighted by molar-refractivity contribution is 0.124. The molecular weight excluding hydrogens is 262 g/mol. The number of hydrogen-bond donors (Lipinski definition) is 1. The van der Waals surface area contributed by atoms with Gasteiger partial charge in [0.1, 0.15) is 0 Å². The first-order valence-corrected chi connectivity index (χ1v) is 7.93. The van der Waals surface area contributed by atoms with Gasteiger partial charge >= 0.3 is 0 Å². The molecule has 1 N–H and O–H groups in total. The van der Waals surface area contributed by atoms with E-state index in [0.717, 1.165) is 31.0 Å². The van der Waals surface area contributed by atoms with E-state index in [9.17, 15) is 0 Å². The van der Waals surface area contributed by atoms with Gasteiger partial charge < -0.3 is 14.8 Å². The third kappa shape index (κ3) is 4.63. The minimum absolute atomic E-state index is 0.228. The van der Waals surface area contributed by atoms with Gasteiger partial charge in [-0.25, -0.2) is 0 Å². The Morgan fingerprint density at radius 2 is 1.95 bits per heavy atom. The van der Waals surface area contributed by atoms with E-state index < -0.39 is 0 Å². The summed E-state index contributed by atoms with van der Waals surface area (Å²) in [7, 11) is 1.71. The average molecular weight is 290 g/mol. The van der Waals surface area contributed by atoms with Crippen LogP contribution in [0.5, 0.6) is 11.5 Å². The molecule has 2 rings (SSSR count). The highest BCUT2D eigenvalue weighted by Crippen LogP contribution is 2.32. The summed E-state index contributed by atoms with van der Waals surface area (Å²) in [4.78, 5) is 0. The van der Waals surface area contributed by atoms with Crippen molar-refractivity contribution in [2.45, 2.75) is 46.1 Å². The monoisotopic (exact) mass is 290 g/mol. The van der Waals surface area contributed by atoms with Crippen LogP contribution in [-0.2, 0) is 6.42 Å². The maximum absolute atomic E-state index is 6.18. The van der Waals surface area contributed by atoms with Crippen LogP contribution in [0.2, 0.25) is 0 Å². The molecular formula is C18H28NO2. The summed E-state index contributed by atoms with van der Waals surface area (Å²) in [5, 5.41) is 3.40. The number of ether oxygens (including phenoxy) is 2. The van der Waals surface area contributed by atoms with Crippen molar-refractivity contribution >= 4 is 0 Å². The van der Waals surface area contributed by atoms with E-state index in [1.165, 1.54) is 24.3 Å². The van der Waals surface area contributed by atoms with Gasteiger partial charge in [-0.15, -0.1) is 0 Å². The Hall–Kier alpha value is -1.22. The molecule has 1 saturated heterocycles. The molecule has 0 aliphatic carbocycles. The van der Waals surface area contributed by atoms with E-state index in [1.807, 2.05) is 0 Å². The summed E-state index contributed by atoms with van der Waals surface area (Å²) in [6.07, 6.45) is 3.59. The maximum atomic E-state index is 6.18. The molecule has 117 valence electrons. The smallest absolute Gasteiger partial charge is 0.161 e. The Balaban J connectivity index is 2.04. The Morgan fingerprint density at radius 1 is 1.24 bits per heavy atom. The van der Waals surface area contributed by atoms with Crippen LogP contribution in [0.1, 0.15) is 39.2 Å². The van der Waals surface area contributed by atoms with E-state index in [0.29, 0.717) is 5.92 Å². The van der Waals surface area contributed by atoms with Gasteiger partial charge in [0.2, 0.25) is 0 Å². The van der Waals surface area contributed by atoms with Crippen molar-refractivity contribution in [1.29, 1.82) is 0 Å². The van der Waals surface area contributed by atoms with E-state index in [1.54, 1.807) is 7.11 Å². The van der Waals surface area contributed by atoms with Gasteiger partial charge in [0.15, 0.2) is 11.5 Å². The van der Waals surface area contributed by atoms with Crippen molar-refractivity contribution < 1.29 is 9.47 Å². The van der Waals surface area contributed by atoms with Crippen molar-refractivity contribution in [3.8, 4) is 11.5 Å². The number of hydrogen-bond acceptors (Lipinski definition) is 3. The summed E-state index contributed by atoms with van der Waals surface area (Å²) >= 11 is 0. The van der Waals surface area contributed by atoms with Crippen molar-refractivity contribution in [3.63, 3.8) is 0 Å². The zero-order valence-electron chi connectivity index (χ0n) is 13.7. The van der Waals surface area contributed by atoms with E-state index in [2.05, 4.69) is 44.3 Å². The van der Waals surface area contributed by atoms with Gasteiger partial charge in [-0.3, -0.25) is 0 Å². The Labute approximate surface area is 129 Å². The van der Waals surface area contributed by atoms with Gasteiger partial charge in [0, 0.05) is 0 Å². The second-order valence-corrected chi connectivity index (χ2v) is 6.28. The van der Waals surface area contributed by atoms with Crippen LogP contribution in [0.15, 0.2) is 18.2 Å². The Kier molecular flexibility index (Phi) is 5.92. The highest BCUT2D eigenvalue weighted by molar-refractivity contribution is 5.43. The largest absolute Gasteiger partial charge is 0.493 e. The van der Waals surface area contributed by atoms with Gasteiger partial charge in [-0.1, -0.05) is 19.9 Å². The number of piperidine rings is 1. The molecule has 0 spiro atoms. The summed E-state index contributed by atoms with van der Waals surface area (Å²) < 4.78 is 11.7. The summed E-state index contributed by atoms with van der Waals surface area (Å²) in [6, 6.07) is 6.28. The third-order valence-electron chi connectivity index (χ3n) is 4.15. The Bertz CT molecular complexity index is 439. The summed E-state index contributed by atoms with van der Waals surface area (Å²) in [6.45, 7) is 8.67. The molecule has 1 unspecified atom stereocenters. The standard InChI is InChI=1S/C18H28NO2/c1-13(2)11-15-5-6-17(18(12-15)20-4)21-14(3)16-7-9-19-10-8-16/h5-6,12,14,16,19H,7-11H2,1-4H3. The molecule has 1 aromatic carbocycles. The molecule has 1 atom stereocenters. The molecule has 1 radical (unpaired) electrons. The zero-order valence-corrected chi connectivity index (χ0v) is 13.7. The van der Waals surface area contributed by atoms with E-state index in [-0.39, 0.29) is 6.10 Å². The lowest BCUT2D eigenvalue weighted by Gasteiger charge is -2.29. The molecule has 1 aliphatic rings. The van der Waals surface area contributed by atoms with Crippen molar-refractivity contribution in [3.05, 3.63) is 29.7 Å². The van der Waals surface area contributed by atoms with E-state index >= 15 is 0 Å². The Morgan fingerprint density at radius 3 is 2.57 bits per heavy atom. The van der Waals surface area contributed by atoms with Crippen LogP contribution in [0.25, 0.3) is 0 Å². The van der Waals surface area contributed by atoms with Crippen molar-refractivity contribution in [2.24, 2.45) is 5.92 Å². The van der Waals surface area contributed by atoms with E-state index in [4.69, 9.17) is 9.47 Å². The van der Waals surface area contributed by atoms with Crippen LogP contribution in [0, 0.1) is 11.8 Å². The van der Waals surface area contributed by atoms with Gasteiger partial charge in [-0.2, -0.15) is 0 Å². The van der Waals surface area contributed by atoms with Crippen LogP contribution in [0.4, 0.5) is 0 Å². The molecule has 1 aromatic rings. The lowest BCUT2D eigenvalue weighted by atomic mass is 9.93. The first-order chi connectivity index (χ1) is 10.1.